The lowest BCUT2D eigenvalue weighted by molar-refractivity contribution is -0.156. The van der Waals surface area contributed by atoms with Crippen LogP contribution in [-0.2, 0) is 9.53 Å². The zero-order valence-electron chi connectivity index (χ0n) is 14.3. The van der Waals surface area contributed by atoms with Crippen molar-refractivity contribution >= 4 is 17.4 Å². The molecule has 0 N–H and O–H groups in total. The van der Waals surface area contributed by atoms with Gasteiger partial charge in [0, 0.05) is 19.3 Å². The van der Waals surface area contributed by atoms with Crippen molar-refractivity contribution in [1.82, 2.24) is 9.38 Å². The molecule has 1 atom stereocenters. The van der Waals surface area contributed by atoms with Gasteiger partial charge in [0.25, 0.3) is 0 Å². The molecule has 6 nitrogen and oxygen atoms in total. The summed E-state index contributed by atoms with van der Waals surface area (Å²) in [5, 5.41) is 9.57. The maximum atomic E-state index is 12.6. The van der Waals surface area contributed by atoms with Crippen molar-refractivity contribution < 1.29 is 9.53 Å². The highest BCUT2D eigenvalue weighted by Gasteiger charge is 2.49. The fourth-order valence-electron chi connectivity index (χ4n) is 3.47. The molecule has 0 saturated carbocycles. The van der Waals surface area contributed by atoms with E-state index in [-0.39, 0.29) is 11.9 Å². The minimum absolute atomic E-state index is 0.148. The highest BCUT2D eigenvalue weighted by molar-refractivity contribution is 5.79. The first-order valence-electron chi connectivity index (χ1n) is 8.33. The fraction of sp³-hybridized carbons (Fsp3) is 0.500. The van der Waals surface area contributed by atoms with E-state index in [4.69, 9.17) is 4.74 Å². The second-order valence-corrected chi connectivity index (χ2v) is 6.53. The number of carbonyl (C=O) groups is 1. The predicted octanol–water partition coefficient (Wildman–Crippen LogP) is 2.62. The Morgan fingerprint density at radius 3 is 2.96 bits per heavy atom. The van der Waals surface area contributed by atoms with Gasteiger partial charge in [-0.05, 0) is 31.4 Å². The molecule has 3 rings (SSSR count). The molecule has 0 amide bonds. The molecule has 3 heterocycles. The minimum atomic E-state index is -0.543. The topological polar surface area (TPSA) is 70.6 Å². The van der Waals surface area contributed by atoms with Crippen molar-refractivity contribution in [2.24, 2.45) is 11.3 Å². The number of ether oxygens (including phenoxy) is 1. The van der Waals surface area contributed by atoms with Gasteiger partial charge in [0.2, 0.25) is 0 Å². The Morgan fingerprint density at radius 2 is 2.29 bits per heavy atom. The monoisotopic (exact) mass is 326 g/mol. The van der Waals surface area contributed by atoms with Gasteiger partial charge >= 0.3 is 5.97 Å². The number of carbonyl (C=O) groups excluding carboxylic acids is 1. The number of nitriles is 1. The lowest BCUT2D eigenvalue weighted by Gasteiger charge is -2.30. The third-order valence-corrected chi connectivity index (χ3v) is 5.00. The van der Waals surface area contributed by atoms with E-state index in [2.05, 4.69) is 24.9 Å². The molecule has 1 aliphatic rings. The Bertz CT molecular complexity index is 805. The predicted molar refractivity (Wildman–Crippen MR) is 90.6 cm³/mol. The molecular weight excluding hydrogens is 304 g/mol. The zero-order chi connectivity index (χ0) is 17.3. The van der Waals surface area contributed by atoms with Crippen molar-refractivity contribution in [3.05, 3.63) is 30.1 Å². The SMILES string of the molecule is CCOC(=O)C1(C(C)C)CCN(c2nc3ccccn3c2C#N)C1. The summed E-state index contributed by atoms with van der Waals surface area (Å²) in [5.74, 6) is 0.657. The zero-order valence-corrected chi connectivity index (χ0v) is 14.3. The van der Waals surface area contributed by atoms with Gasteiger partial charge in [-0.3, -0.25) is 9.20 Å². The van der Waals surface area contributed by atoms with Crippen LogP contribution in [-0.4, -0.2) is 35.1 Å². The van der Waals surface area contributed by atoms with Gasteiger partial charge in [-0.2, -0.15) is 5.26 Å². The van der Waals surface area contributed by atoms with Crippen LogP contribution in [0.1, 0.15) is 32.9 Å². The first kappa shape index (κ1) is 16.3. The van der Waals surface area contributed by atoms with E-state index in [1.165, 1.54) is 0 Å². The maximum absolute atomic E-state index is 12.6. The highest BCUT2D eigenvalue weighted by Crippen LogP contribution is 2.41. The summed E-state index contributed by atoms with van der Waals surface area (Å²) in [4.78, 5) is 19.2. The Kier molecular flexibility index (Phi) is 4.18. The van der Waals surface area contributed by atoms with E-state index in [1.807, 2.05) is 36.2 Å². The largest absolute Gasteiger partial charge is 0.466 e. The van der Waals surface area contributed by atoms with Crippen LogP contribution < -0.4 is 4.90 Å². The molecule has 1 aliphatic heterocycles. The van der Waals surface area contributed by atoms with Gasteiger partial charge in [-0.25, -0.2) is 4.98 Å². The van der Waals surface area contributed by atoms with Crippen molar-refractivity contribution in [3.63, 3.8) is 0 Å². The number of imidazole rings is 1. The van der Waals surface area contributed by atoms with Crippen LogP contribution in [0.4, 0.5) is 5.82 Å². The maximum Gasteiger partial charge on any atom is 0.314 e. The molecule has 2 aromatic heterocycles. The molecule has 6 heteroatoms. The summed E-state index contributed by atoms with van der Waals surface area (Å²) in [6.07, 6.45) is 2.55. The number of hydrogen-bond donors (Lipinski definition) is 0. The molecule has 24 heavy (non-hydrogen) atoms. The Balaban J connectivity index is 1.98. The second kappa shape index (κ2) is 6.16. The molecule has 0 radical (unpaired) electrons. The molecule has 0 aromatic carbocycles. The second-order valence-electron chi connectivity index (χ2n) is 6.53. The number of anilines is 1. The number of aromatic nitrogens is 2. The number of fused-ring (bicyclic) bond motifs is 1. The molecule has 1 fully saturated rings. The lowest BCUT2D eigenvalue weighted by Crippen LogP contribution is -2.40. The van der Waals surface area contributed by atoms with E-state index >= 15 is 0 Å². The number of pyridine rings is 1. The van der Waals surface area contributed by atoms with Crippen LogP contribution in [0.25, 0.3) is 5.65 Å². The summed E-state index contributed by atoms with van der Waals surface area (Å²) in [6.45, 7) is 7.53. The Morgan fingerprint density at radius 1 is 1.50 bits per heavy atom. The van der Waals surface area contributed by atoms with E-state index in [0.717, 1.165) is 5.65 Å². The quantitative estimate of drug-likeness (QED) is 0.808. The summed E-state index contributed by atoms with van der Waals surface area (Å²) >= 11 is 0. The van der Waals surface area contributed by atoms with Gasteiger partial charge in [-0.1, -0.05) is 19.9 Å². The van der Waals surface area contributed by atoms with Gasteiger partial charge in [0.1, 0.15) is 11.7 Å². The summed E-state index contributed by atoms with van der Waals surface area (Å²) in [6, 6.07) is 7.90. The first-order valence-corrected chi connectivity index (χ1v) is 8.33. The van der Waals surface area contributed by atoms with Crippen molar-refractivity contribution in [2.45, 2.75) is 27.2 Å². The Hall–Kier alpha value is -2.55. The lowest BCUT2D eigenvalue weighted by atomic mass is 9.76. The molecular formula is C18H22N4O2. The summed E-state index contributed by atoms with van der Waals surface area (Å²) in [5.41, 5.74) is 0.703. The number of esters is 1. The molecule has 126 valence electrons. The standard InChI is InChI=1S/C18H22N4O2/c1-4-24-17(23)18(13(2)3)8-10-21(12-18)16-14(11-19)22-9-6-5-7-15(22)20-16/h5-7,9,13H,4,8,10,12H2,1-3H3. The summed E-state index contributed by atoms with van der Waals surface area (Å²) in [7, 11) is 0. The van der Waals surface area contributed by atoms with E-state index in [9.17, 15) is 10.1 Å². The minimum Gasteiger partial charge on any atom is -0.466 e. The number of hydrogen-bond acceptors (Lipinski definition) is 5. The van der Waals surface area contributed by atoms with Crippen LogP contribution in [0.5, 0.6) is 0 Å². The van der Waals surface area contributed by atoms with Crippen LogP contribution in [0, 0.1) is 22.7 Å². The van der Waals surface area contributed by atoms with Crippen LogP contribution in [0.15, 0.2) is 24.4 Å². The van der Waals surface area contributed by atoms with Crippen LogP contribution >= 0.6 is 0 Å². The normalized spacial score (nSPS) is 20.5. The summed E-state index contributed by atoms with van der Waals surface area (Å²) < 4.78 is 7.12. The third kappa shape index (κ3) is 2.41. The molecule has 2 aromatic rings. The van der Waals surface area contributed by atoms with Crippen molar-refractivity contribution in [2.75, 3.05) is 24.6 Å². The average Bonchev–Trinajstić information content (AvgIpc) is 3.17. The molecule has 1 unspecified atom stereocenters. The first-order chi connectivity index (χ1) is 11.5. The van der Waals surface area contributed by atoms with E-state index < -0.39 is 5.41 Å². The molecule has 1 saturated heterocycles. The third-order valence-electron chi connectivity index (χ3n) is 5.00. The Labute approximate surface area is 141 Å². The van der Waals surface area contributed by atoms with Gasteiger partial charge in [0.15, 0.2) is 11.5 Å². The van der Waals surface area contributed by atoms with Gasteiger partial charge < -0.3 is 9.64 Å². The van der Waals surface area contributed by atoms with Crippen molar-refractivity contribution in [1.29, 1.82) is 5.26 Å². The van der Waals surface area contributed by atoms with Crippen LogP contribution in [0.3, 0.4) is 0 Å². The van der Waals surface area contributed by atoms with Crippen LogP contribution in [0.2, 0.25) is 0 Å². The molecule has 0 aliphatic carbocycles. The average molecular weight is 326 g/mol. The molecule has 0 spiro atoms. The molecule has 0 bridgehead atoms. The van der Waals surface area contributed by atoms with Crippen molar-refractivity contribution in [3.8, 4) is 6.07 Å². The number of rotatable bonds is 4. The highest BCUT2D eigenvalue weighted by atomic mass is 16.5. The van der Waals surface area contributed by atoms with Gasteiger partial charge in [-0.15, -0.1) is 0 Å². The van der Waals surface area contributed by atoms with E-state index in [1.54, 1.807) is 4.40 Å². The fourth-order valence-corrected chi connectivity index (χ4v) is 3.47. The van der Waals surface area contributed by atoms with Gasteiger partial charge in [0.05, 0.1) is 12.0 Å². The number of nitrogens with zero attached hydrogens (tertiary/aromatic N) is 4. The smallest absolute Gasteiger partial charge is 0.314 e. The van der Waals surface area contributed by atoms with E-state index in [0.29, 0.717) is 37.6 Å².